The largest absolute Gasteiger partial charge is 0.493 e. The standard InChI is InChI=1S/C16H18BrNO3/c1-18-4-3-16-8-10(18)7-12(19)15(16)21-14-11(16)5-9(17)6-13(14)20-2/h5-6,10,15H,3-4,7-8H2,1-2H3/t10?,15-,16?/m0/s1. The number of hydrogen-bond acceptors (Lipinski definition) is 4. The molecule has 21 heavy (non-hydrogen) atoms. The summed E-state index contributed by atoms with van der Waals surface area (Å²) in [6.45, 7) is 1.01. The average molecular weight is 352 g/mol. The van der Waals surface area contributed by atoms with Gasteiger partial charge in [0.05, 0.1) is 7.11 Å². The molecule has 2 bridgehead atoms. The minimum absolute atomic E-state index is 0.168. The van der Waals surface area contributed by atoms with Crippen molar-refractivity contribution in [3.05, 3.63) is 22.2 Å². The Morgan fingerprint density at radius 2 is 2.29 bits per heavy atom. The molecule has 3 aliphatic rings. The van der Waals surface area contributed by atoms with Gasteiger partial charge in [0, 0.05) is 27.9 Å². The molecular formula is C16H18BrNO3. The highest BCUT2D eigenvalue weighted by molar-refractivity contribution is 9.10. The van der Waals surface area contributed by atoms with Gasteiger partial charge in [-0.3, -0.25) is 4.79 Å². The molecule has 0 N–H and O–H groups in total. The van der Waals surface area contributed by atoms with E-state index in [1.54, 1.807) is 7.11 Å². The summed E-state index contributed by atoms with van der Waals surface area (Å²) in [5.74, 6) is 1.71. The second-order valence-corrected chi connectivity index (χ2v) is 7.31. The summed E-state index contributed by atoms with van der Waals surface area (Å²) in [6.07, 6.45) is 2.22. The van der Waals surface area contributed by atoms with Gasteiger partial charge in [-0.25, -0.2) is 0 Å². The van der Waals surface area contributed by atoms with E-state index in [0.29, 0.717) is 18.2 Å². The number of fused-ring (bicyclic) bond motifs is 2. The van der Waals surface area contributed by atoms with Gasteiger partial charge in [-0.05, 0) is 38.6 Å². The smallest absolute Gasteiger partial charge is 0.175 e. The van der Waals surface area contributed by atoms with Gasteiger partial charge in [0.2, 0.25) is 0 Å². The van der Waals surface area contributed by atoms with Crippen LogP contribution in [0.15, 0.2) is 16.6 Å². The van der Waals surface area contributed by atoms with E-state index in [0.717, 1.165) is 35.2 Å². The maximum absolute atomic E-state index is 12.6. The fourth-order valence-electron chi connectivity index (χ4n) is 4.24. The maximum Gasteiger partial charge on any atom is 0.175 e. The fourth-order valence-corrected chi connectivity index (χ4v) is 4.68. The van der Waals surface area contributed by atoms with E-state index in [4.69, 9.17) is 9.47 Å². The first-order valence-corrected chi connectivity index (χ1v) is 8.12. The van der Waals surface area contributed by atoms with E-state index in [9.17, 15) is 4.79 Å². The molecule has 4 rings (SSSR count). The highest BCUT2D eigenvalue weighted by Gasteiger charge is 2.59. The van der Waals surface area contributed by atoms with Crippen molar-refractivity contribution >= 4 is 21.7 Å². The van der Waals surface area contributed by atoms with Crippen molar-refractivity contribution in [2.75, 3.05) is 20.7 Å². The molecule has 1 saturated heterocycles. The first kappa shape index (κ1) is 13.6. The molecule has 112 valence electrons. The van der Waals surface area contributed by atoms with E-state index in [-0.39, 0.29) is 17.3 Å². The van der Waals surface area contributed by atoms with Crippen molar-refractivity contribution in [2.45, 2.75) is 36.8 Å². The van der Waals surface area contributed by atoms with E-state index >= 15 is 0 Å². The van der Waals surface area contributed by atoms with Crippen LogP contribution in [0.1, 0.15) is 24.8 Å². The second-order valence-electron chi connectivity index (χ2n) is 6.40. The molecule has 1 aliphatic carbocycles. The Morgan fingerprint density at radius 3 is 3.05 bits per heavy atom. The Morgan fingerprint density at radius 1 is 1.48 bits per heavy atom. The number of likely N-dealkylation sites (tertiary alicyclic amines) is 1. The molecule has 3 atom stereocenters. The van der Waals surface area contributed by atoms with Gasteiger partial charge in [-0.15, -0.1) is 0 Å². The topological polar surface area (TPSA) is 38.8 Å². The predicted molar refractivity (Wildman–Crippen MR) is 82.1 cm³/mol. The highest BCUT2D eigenvalue weighted by atomic mass is 79.9. The third kappa shape index (κ3) is 1.73. The van der Waals surface area contributed by atoms with E-state index in [1.807, 2.05) is 6.07 Å². The van der Waals surface area contributed by atoms with Crippen LogP contribution in [0.4, 0.5) is 0 Å². The predicted octanol–water partition coefficient (Wildman–Crippen LogP) is 2.52. The molecule has 2 unspecified atom stereocenters. The number of ketones is 1. The van der Waals surface area contributed by atoms with Crippen molar-refractivity contribution < 1.29 is 14.3 Å². The number of carbonyl (C=O) groups is 1. The number of rotatable bonds is 1. The molecule has 0 aromatic heterocycles. The normalized spacial score (nSPS) is 34.1. The number of benzene rings is 1. The molecule has 5 heteroatoms. The van der Waals surface area contributed by atoms with Gasteiger partial charge >= 0.3 is 0 Å². The Bertz CT molecular complexity index is 632. The number of carbonyl (C=O) groups excluding carboxylic acids is 1. The van der Waals surface area contributed by atoms with Crippen molar-refractivity contribution in [3.63, 3.8) is 0 Å². The zero-order valence-corrected chi connectivity index (χ0v) is 13.8. The highest BCUT2D eigenvalue weighted by Crippen LogP contribution is 2.57. The first-order chi connectivity index (χ1) is 10.0. The molecule has 1 saturated carbocycles. The molecule has 4 nitrogen and oxygen atoms in total. The molecule has 2 fully saturated rings. The van der Waals surface area contributed by atoms with Crippen LogP contribution in [0.25, 0.3) is 0 Å². The molecular weight excluding hydrogens is 334 g/mol. The number of halogens is 1. The van der Waals surface area contributed by atoms with E-state index in [1.165, 1.54) is 0 Å². The lowest BCUT2D eigenvalue weighted by Crippen LogP contribution is -2.59. The van der Waals surface area contributed by atoms with Crippen LogP contribution in [0.3, 0.4) is 0 Å². The summed E-state index contributed by atoms with van der Waals surface area (Å²) < 4.78 is 12.5. The first-order valence-electron chi connectivity index (χ1n) is 7.33. The van der Waals surface area contributed by atoms with Crippen LogP contribution < -0.4 is 9.47 Å². The minimum atomic E-state index is -0.333. The number of ether oxygens (including phenoxy) is 2. The van der Waals surface area contributed by atoms with E-state index < -0.39 is 0 Å². The third-order valence-corrected chi connectivity index (χ3v) is 5.83. The molecule has 1 spiro atoms. The zero-order chi connectivity index (χ0) is 14.8. The van der Waals surface area contributed by atoms with Crippen molar-refractivity contribution in [3.8, 4) is 11.5 Å². The lowest BCUT2D eigenvalue weighted by Gasteiger charge is -2.48. The van der Waals surface area contributed by atoms with Crippen molar-refractivity contribution in [2.24, 2.45) is 0 Å². The fraction of sp³-hybridized carbons (Fsp3) is 0.562. The molecule has 2 heterocycles. The number of hydrogen-bond donors (Lipinski definition) is 0. The van der Waals surface area contributed by atoms with Crippen LogP contribution >= 0.6 is 15.9 Å². The maximum atomic E-state index is 12.6. The van der Waals surface area contributed by atoms with Crippen LogP contribution in [0.5, 0.6) is 11.5 Å². The van der Waals surface area contributed by atoms with Crippen LogP contribution in [0.2, 0.25) is 0 Å². The van der Waals surface area contributed by atoms with Gasteiger partial charge in [-0.2, -0.15) is 0 Å². The van der Waals surface area contributed by atoms with Crippen LogP contribution in [-0.4, -0.2) is 43.5 Å². The van der Waals surface area contributed by atoms with Gasteiger partial charge < -0.3 is 14.4 Å². The Labute approximate surface area is 132 Å². The van der Waals surface area contributed by atoms with Gasteiger partial charge in [0.1, 0.15) is 0 Å². The van der Waals surface area contributed by atoms with Crippen LogP contribution in [-0.2, 0) is 10.2 Å². The van der Waals surface area contributed by atoms with E-state index in [2.05, 4.69) is 33.9 Å². The summed E-state index contributed by atoms with van der Waals surface area (Å²) in [6, 6.07) is 4.35. The Balaban J connectivity index is 1.90. The Kier molecular flexibility index (Phi) is 2.89. The number of Topliss-reactive ketones (excluding diaryl/α,β-unsaturated/α-hetero) is 1. The molecule has 0 radical (unpaired) electrons. The zero-order valence-electron chi connectivity index (χ0n) is 12.2. The Hall–Kier alpha value is -1.07. The SMILES string of the molecule is COc1cc(Br)cc2c1O[C@H]1C(=O)CC3CC21CCN3C. The number of nitrogens with zero attached hydrogens (tertiary/aromatic N) is 1. The van der Waals surface area contributed by atoms with Crippen LogP contribution in [0, 0.1) is 0 Å². The number of methoxy groups -OCH3 is 1. The van der Waals surface area contributed by atoms with Crippen molar-refractivity contribution in [1.29, 1.82) is 0 Å². The summed E-state index contributed by atoms with van der Waals surface area (Å²) in [5, 5.41) is 0. The van der Waals surface area contributed by atoms with Gasteiger partial charge in [-0.1, -0.05) is 15.9 Å². The second kappa shape index (κ2) is 4.46. The third-order valence-electron chi connectivity index (χ3n) is 5.38. The lowest BCUT2D eigenvalue weighted by molar-refractivity contribution is -0.135. The molecule has 1 aromatic carbocycles. The van der Waals surface area contributed by atoms with Gasteiger partial charge in [0.25, 0.3) is 0 Å². The molecule has 0 amide bonds. The molecule has 1 aromatic rings. The summed E-state index contributed by atoms with van der Waals surface area (Å²) in [4.78, 5) is 14.9. The summed E-state index contributed by atoms with van der Waals surface area (Å²) in [5.41, 5.74) is 0.976. The summed E-state index contributed by atoms with van der Waals surface area (Å²) in [7, 11) is 3.76. The van der Waals surface area contributed by atoms with Crippen molar-refractivity contribution in [1.82, 2.24) is 4.90 Å². The molecule has 2 aliphatic heterocycles. The van der Waals surface area contributed by atoms with Gasteiger partial charge in [0.15, 0.2) is 23.4 Å². The minimum Gasteiger partial charge on any atom is -0.493 e. The summed E-state index contributed by atoms with van der Waals surface area (Å²) >= 11 is 3.56. The quantitative estimate of drug-likeness (QED) is 0.779. The average Bonchev–Trinajstić information content (AvgIpc) is 2.78. The monoisotopic (exact) mass is 351 g/mol. The number of piperidine rings is 1. The lowest BCUT2D eigenvalue weighted by atomic mass is 9.62.